The predicted molar refractivity (Wildman–Crippen MR) is 108 cm³/mol. The smallest absolute Gasteiger partial charge is 0.242 e. The molecule has 0 aliphatic carbocycles. The molecule has 2 aromatic rings. The van der Waals surface area contributed by atoms with Crippen molar-refractivity contribution in [2.75, 3.05) is 39.8 Å². The number of piperazine rings is 1. The van der Waals surface area contributed by atoms with Crippen LogP contribution in [0.3, 0.4) is 0 Å². The topological polar surface area (TPSA) is 75.5 Å². The van der Waals surface area contributed by atoms with Crippen LogP contribution >= 0.6 is 15.9 Å². The Hall–Kier alpha value is -1.97. The number of carbonyl (C=O) groups is 1. The van der Waals surface area contributed by atoms with E-state index in [1.165, 1.54) is 0 Å². The third-order valence-corrected chi connectivity index (χ3v) is 5.71. The van der Waals surface area contributed by atoms with Gasteiger partial charge in [0.2, 0.25) is 5.91 Å². The molecule has 150 valence electrons. The maximum Gasteiger partial charge on any atom is 0.242 e. The maximum absolute atomic E-state index is 12.5. The van der Waals surface area contributed by atoms with Crippen molar-refractivity contribution >= 4 is 21.8 Å². The van der Waals surface area contributed by atoms with Crippen LogP contribution in [0.4, 0.5) is 0 Å². The van der Waals surface area contributed by atoms with Gasteiger partial charge in [0, 0.05) is 49.2 Å². The van der Waals surface area contributed by atoms with Crippen LogP contribution in [-0.2, 0) is 17.9 Å². The van der Waals surface area contributed by atoms with E-state index < -0.39 is 0 Å². The zero-order chi connectivity index (χ0) is 19.5. The quantitative estimate of drug-likeness (QED) is 0.745. The highest BCUT2D eigenvalue weighted by molar-refractivity contribution is 9.10. The number of hydrogen-bond acceptors (Lipinski definition) is 6. The van der Waals surface area contributed by atoms with Gasteiger partial charge in [-0.1, -0.05) is 21.1 Å². The second-order valence-electron chi connectivity index (χ2n) is 7.43. The van der Waals surface area contributed by atoms with Gasteiger partial charge in [-0.15, -0.1) is 5.10 Å². The SMILES string of the molecule is CN1CCN(Cc2cn(CC(=O)NC3CCOc4ccc(Br)cc43)nn2)CC1. The Morgan fingerprint density at radius 2 is 2.14 bits per heavy atom. The molecule has 1 saturated heterocycles. The Morgan fingerprint density at radius 1 is 1.32 bits per heavy atom. The number of nitrogens with one attached hydrogen (secondary N) is 1. The van der Waals surface area contributed by atoms with E-state index >= 15 is 0 Å². The molecule has 1 aromatic heterocycles. The average molecular weight is 449 g/mol. The molecular weight excluding hydrogens is 424 g/mol. The number of hydrogen-bond donors (Lipinski definition) is 1. The fourth-order valence-corrected chi connectivity index (χ4v) is 4.00. The number of benzene rings is 1. The molecule has 2 aliphatic rings. The average Bonchev–Trinajstić information content (AvgIpc) is 3.11. The summed E-state index contributed by atoms with van der Waals surface area (Å²) < 4.78 is 8.27. The number of ether oxygens (including phenoxy) is 1. The van der Waals surface area contributed by atoms with Crippen molar-refractivity contribution in [3.63, 3.8) is 0 Å². The summed E-state index contributed by atoms with van der Waals surface area (Å²) in [6.45, 7) is 5.73. The summed E-state index contributed by atoms with van der Waals surface area (Å²) >= 11 is 3.49. The van der Waals surface area contributed by atoms with Crippen LogP contribution in [0.1, 0.15) is 23.7 Å². The molecule has 4 rings (SSSR count). The van der Waals surface area contributed by atoms with Crippen molar-refractivity contribution in [3.05, 3.63) is 40.1 Å². The van der Waals surface area contributed by atoms with Crippen LogP contribution in [0.5, 0.6) is 5.75 Å². The van der Waals surface area contributed by atoms with Crippen LogP contribution < -0.4 is 10.1 Å². The lowest BCUT2D eigenvalue weighted by molar-refractivity contribution is -0.122. The molecule has 3 heterocycles. The van der Waals surface area contributed by atoms with Crippen molar-refractivity contribution in [2.45, 2.75) is 25.6 Å². The molecule has 1 N–H and O–H groups in total. The first-order valence-electron chi connectivity index (χ1n) is 9.58. The summed E-state index contributed by atoms with van der Waals surface area (Å²) in [5.74, 6) is 0.754. The van der Waals surface area contributed by atoms with Gasteiger partial charge in [0.1, 0.15) is 12.3 Å². The number of rotatable bonds is 5. The van der Waals surface area contributed by atoms with Gasteiger partial charge in [0.05, 0.1) is 24.5 Å². The minimum atomic E-state index is -0.0751. The second kappa shape index (κ2) is 8.59. The van der Waals surface area contributed by atoms with Gasteiger partial charge in [-0.3, -0.25) is 9.69 Å². The Labute approximate surface area is 172 Å². The largest absolute Gasteiger partial charge is 0.493 e. The van der Waals surface area contributed by atoms with Crippen molar-refractivity contribution in [1.82, 2.24) is 30.1 Å². The van der Waals surface area contributed by atoms with Crippen molar-refractivity contribution in [1.29, 1.82) is 0 Å². The molecule has 1 amide bonds. The second-order valence-corrected chi connectivity index (χ2v) is 8.34. The minimum Gasteiger partial charge on any atom is -0.493 e. The summed E-state index contributed by atoms with van der Waals surface area (Å²) in [5.41, 5.74) is 1.90. The number of carbonyl (C=O) groups excluding carboxylic acids is 1. The first-order valence-corrected chi connectivity index (χ1v) is 10.4. The molecule has 0 radical (unpaired) electrons. The highest BCUT2D eigenvalue weighted by Crippen LogP contribution is 2.34. The number of likely N-dealkylation sites (N-methyl/N-ethyl adjacent to an activating group) is 1. The summed E-state index contributed by atoms with van der Waals surface area (Å²) in [5, 5.41) is 11.5. The maximum atomic E-state index is 12.5. The standard InChI is InChI=1S/C19H25BrN6O2/c1-24-5-7-25(8-6-24)11-15-12-26(23-22-15)13-19(27)21-17-4-9-28-18-3-2-14(20)10-16(17)18/h2-3,10,12,17H,4-9,11,13H2,1H3,(H,21,27). The molecule has 0 spiro atoms. The highest BCUT2D eigenvalue weighted by atomic mass is 79.9. The fourth-order valence-electron chi connectivity index (χ4n) is 3.63. The van der Waals surface area contributed by atoms with E-state index in [9.17, 15) is 4.79 Å². The monoisotopic (exact) mass is 448 g/mol. The van der Waals surface area contributed by atoms with Gasteiger partial charge in [-0.05, 0) is 25.2 Å². The van der Waals surface area contributed by atoms with Crippen molar-refractivity contribution in [2.24, 2.45) is 0 Å². The number of halogens is 1. The van der Waals surface area contributed by atoms with Gasteiger partial charge in [-0.25, -0.2) is 4.68 Å². The van der Waals surface area contributed by atoms with E-state index in [0.717, 1.165) is 60.6 Å². The Morgan fingerprint density at radius 3 is 2.96 bits per heavy atom. The van der Waals surface area contributed by atoms with Crippen LogP contribution in [-0.4, -0.2) is 70.5 Å². The number of nitrogens with zero attached hydrogens (tertiary/aromatic N) is 5. The van der Waals surface area contributed by atoms with Crippen molar-refractivity contribution < 1.29 is 9.53 Å². The molecule has 1 fully saturated rings. The van der Waals surface area contributed by atoms with Gasteiger partial charge >= 0.3 is 0 Å². The molecule has 8 nitrogen and oxygen atoms in total. The van der Waals surface area contributed by atoms with Gasteiger partial charge in [-0.2, -0.15) is 0 Å². The van der Waals surface area contributed by atoms with Gasteiger partial charge in [0.25, 0.3) is 0 Å². The third kappa shape index (κ3) is 4.71. The first kappa shape index (κ1) is 19.4. The molecular formula is C19H25BrN6O2. The van der Waals surface area contributed by atoms with Crippen LogP contribution in [0.15, 0.2) is 28.9 Å². The van der Waals surface area contributed by atoms with E-state index in [1.54, 1.807) is 4.68 Å². The lowest BCUT2D eigenvalue weighted by Crippen LogP contribution is -2.43. The van der Waals surface area contributed by atoms with E-state index in [4.69, 9.17) is 4.74 Å². The Kier molecular flexibility index (Phi) is 5.93. The summed E-state index contributed by atoms with van der Waals surface area (Å²) in [6.07, 6.45) is 2.62. The summed E-state index contributed by atoms with van der Waals surface area (Å²) in [6, 6.07) is 5.82. The van der Waals surface area contributed by atoms with E-state index in [1.807, 2.05) is 24.4 Å². The third-order valence-electron chi connectivity index (χ3n) is 5.22. The van der Waals surface area contributed by atoms with Crippen LogP contribution in [0, 0.1) is 0 Å². The summed E-state index contributed by atoms with van der Waals surface area (Å²) in [4.78, 5) is 17.2. The normalized spacial score (nSPS) is 20.4. The number of fused-ring (bicyclic) bond motifs is 1. The van der Waals surface area contributed by atoms with E-state index in [0.29, 0.717) is 6.61 Å². The summed E-state index contributed by atoms with van der Waals surface area (Å²) in [7, 11) is 2.14. The fraction of sp³-hybridized carbons (Fsp3) is 0.526. The molecule has 1 atom stereocenters. The zero-order valence-corrected chi connectivity index (χ0v) is 17.6. The molecule has 1 aromatic carbocycles. The molecule has 0 saturated carbocycles. The minimum absolute atomic E-state index is 0.0536. The molecule has 28 heavy (non-hydrogen) atoms. The molecule has 0 bridgehead atoms. The number of amides is 1. The van der Waals surface area contributed by atoms with Crippen LogP contribution in [0.2, 0.25) is 0 Å². The van der Waals surface area contributed by atoms with Gasteiger partial charge in [0.15, 0.2) is 0 Å². The zero-order valence-electron chi connectivity index (χ0n) is 16.0. The Balaban J connectivity index is 1.33. The Bertz CT molecular complexity index is 834. The van der Waals surface area contributed by atoms with Gasteiger partial charge < -0.3 is 15.0 Å². The van der Waals surface area contributed by atoms with Crippen LogP contribution in [0.25, 0.3) is 0 Å². The first-order chi connectivity index (χ1) is 13.6. The lowest BCUT2D eigenvalue weighted by Gasteiger charge is -2.31. The molecule has 2 aliphatic heterocycles. The van der Waals surface area contributed by atoms with E-state index in [2.05, 4.69) is 48.4 Å². The highest BCUT2D eigenvalue weighted by Gasteiger charge is 2.23. The number of aromatic nitrogens is 3. The lowest BCUT2D eigenvalue weighted by atomic mass is 10.0. The molecule has 9 heteroatoms. The van der Waals surface area contributed by atoms with Crippen molar-refractivity contribution in [3.8, 4) is 5.75 Å². The van der Waals surface area contributed by atoms with E-state index in [-0.39, 0.29) is 18.5 Å². The molecule has 1 unspecified atom stereocenters. The predicted octanol–water partition coefficient (Wildman–Crippen LogP) is 1.43.